The van der Waals surface area contributed by atoms with Gasteiger partial charge in [-0.05, 0) is 5.56 Å². The predicted octanol–water partition coefficient (Wildman–Crippen LogP) is 2.74. The molecule has 1 saturated heterocycles. The van der Waals surface area contributed by atoms with Crippen LogP contribution < -0.4 is 0 Å². The maximum absolute atomic E-state index is 12.8. The van der Waals surface area contributed by atoms with Crippen LogP contribution in [0.15, 0.2) is 54.6 Å². The lowest BCUT2D eigenvalue weighted by molar-refractivity contribution is -0.385. The monoisotopic (exact) mass is 326 g/mol. The maximum atomic E-state index is 12.8. The largest absolute Gasteiger partial charge is 0.377 e. The van der Waals surface area contributed by atoms with Crippen molar-refractivity contribution in [2.75, 3.05) is 19.8 Å². The first-order chi connectivity index (χ1) is 11.7. The van der Waals surface area contributed by atoms with Crippen molar-refractivity contribution in [1.29, 1.82) is 0 Å². The second kappa shape index (κ2) is 7.23. The van der Waals surface area contributed by atoms with Crippen LogP contribution in [0.3, 0.4) is 0 Å². The van der Waals surface area contributed by atoms with Gasteiger partial charge in [-0.3, -0.25) is 14.9 Å². The molecule has 1 aliphatic rings. The van der Waals surface area contributed by atoms with Crippen molar-refractivity contribution >= 4 is 11.6 Å². The summed E-state index contributed by atoms with van der Waals surface area (Å²) in [5.41, 5.74) is 1.43. The van der Waals surface area contributed by atoms with Crippen LogP contribution in [0.4, 0.5) is 5.69 Å². The van der Waals surface area contributed by atoms with Crippen LogP contribution in [-0.2, 0) is 16.0 Å². The maximum Gasteiger partial charge on any atom is 0.273 e. The SMILES string of the molecule is O=C(Cc1ccccc1[N+](=O)[O-])N1CCOCC1c1ccccc1. The Morgan fingerprint density at radius 2 is 1.88 bits per heavy atom. The molecule has 6 heteroatoms. The highest BCUT2D eigenvalue weighted by molar-refractivity contribution is 5.80. The molecule has 0 aromatic heterocycles. The number of nitrogens with zero attached hydrogens (tertiary/aromatic N) is 2. The molecule has 0 spiro atoms. The van der Waals surface area contributed by atoms with Gasteiger partial charge in [-0.15, -0.1) is 0 Å². The molecule has 0 bridgehead atoms. The Bertz CT molecular complexity index is 733. The summed E-state index contributed by atoms with van der Waals surface area (Å²) >= 11 is 0. The van der Waals surface area contributed by atoms with Gasteiger partial charge in [0.25, 0.3) is 5.69 Å². The fourth-order valence-electron chi connectivity index (χ4n) is 2.96. The Kier molecular flexibility index (Phi) is 4.86. The van der Waals surface area contributed by atoms with Gasteiger partial charge >= 0.3 is 0 Å². The molecule has 1 fully saturated rings. The molecule has 0 radical (unpaired) electrons. The minimum Gasteiger partial charge on any atom is -0.377 e. The number of nitro benzene ring substituents is 1. The highest BCUT2D eigenvalue weighted by atomic mass is 16.6. The second-order valence-electron chi connectivity index (χ2n) is 5.65. The van der Waals surface area contributed by atoms with E-state index in [2.05, 4.69) is 0 Å². The van der Waals surface area contributed by atoms with Crippen LogP contribution in [0.5, 0.6) is 0 Å². The molecule has 124 valence electrons. The van der Waals surface area contributed by atoms with Crippen LogP contribution in [-0.4, -0.2) is 35.5 Å². The van der Waals surface area contributed by atoms with Crippen LogP contribution in [0.1, 0.15) is 17.2 Å². The number of carbonyl (C=O) groups is 1. The summed E-state index contributed by atoms with van der Waals surface area (Å²) in [4.78, 5) is 25.2. The van der Waals surface area contributed by atoms with Crippen LogP contribution in [0.2, 0.25) is 0 Å². The van der Waals surface area contributed by atoms with E-state index in [1.54, 1.807) is 23.1 Å². The summed E-state index contributed by atoms with van der Waals surface area (Å²) in [6.07, 6.45) is 0.0144. The van der Waals surface area contributed by atoms with Crippen molar-refractivity contribution < 1.29 is 14.5 Å². The third kappa shape index (κ3) is 3.44. The summed E-state index contributed by atoms with van der Waals surface area (Å²) in [6, 6.07) is 15.9. The summed E-state index contributed by atoms with van der Waals surface area (Å²) in [5, 5.41) is 11.1. The Labute approximate surface area is 139 Å². The number of morpholine rings is 1. The first-order valence-corrected chi connectivity index (χ1v) is 7.81. The number of nitro groups is 1. The lowest BCUT2D eigenvalue weighted by Crippen LogP contribution is -2.44. The molecule has 0 aliphatic carbocycles. The fourth-order valence-corrected chi connectivity index (χ4v) is 2.96. The summed E-state index contributed by atoms with van der Waals surface area (Å²) in [7, 11) is 0. The van der Waals surface area contributed by atoms with Gasteiger partial charge < -0.3 is 9.64 Å². The molecular formula is C18H18N2O4. The molecule has 1 heterocycles. The highest BCUT2D eigenvalue weighted by Gasteiger charge is 2.29. The lowest BCUT2D eigenvalue weighted by atomic mass is 10.0. The topological polar surface area (TPSA) is 72.7 Å². The summed E-state index contributed by atoms with van der Waals surface area (Å²) in [6.45, 7) is 1.40. The molecule has 24 heavy (non-hydrogen) atoms. The van der Waals surface area contributed by atoms with Crippen molar-refractivity contribution in [3.8, 4) is 0 Å². The van der Waals surface area contributed by atoms with E-state index in [-0.39, 0.29) is 24.1 Å². The molecule has 1 amide bonds. The fraction of sp³-hybridized carbons (Fsp3) is 0.278. The van der Waals surface area contributed by atoms with Gasteiger partial charge in [-0.2, -0.15) is 0 Å². The van der Waals surface area contributed by atoms with Gasteiger partial charge in [-0.1, -0.05) is 48.5 Å². The molecule has 2 aromatic carbocycles. The van der Waals surface area contributed by atoms with E-state index in [4.69, 9.17) is 4.74 Å². The van der Waals surface area contributed by atoms with Gasteiger partial charge in [-0.25, -0.2) is 0 Å². The molecule has 0 saturated carbocycles. The normalized spacial score (nSPS) is 17.5. The Balaban J connectivity index is 1.82. The quantitative estimate of drug-likeness (QED) is 0.640. The molecule has 3 rings (SSSR count). The van der Waals surface area contributed by atoms with Crippen LogP contribution in [0, 0.1) is 10.1 Å². The van der Waals surface area contributed by atoms with E-state index in [1.165, 1.54) is 6.07 Å². The zero-order valence-corrected chi connectivity index (χ0v) is 13.1. The summed E-state index contributed by atoms with van der Waals surface area (Å²) in [5.74, 6) is -0.124. The first kappa shape index (κ1) is 16.1. The minimum atomic E-state index is -0.448. The van der Waals surface area contributed by atoms with E-state index < -0.39 is 4.92 Å². The molecule has 2 aromatic rings. The molecular weight excluding hydrogens is 308 g/mol. The number of carbonyl (C=O) groups excluding carboxylic acids is 1. The molecule has 1 unspecified atom stereocenters. The van der Waals surface area contributed by atoms with E-state index in [9.17, 15) is 14.9 Å². The Hall–Kier alpha value is -2.73. The zero-order chi connectivity index (χ0) is 16.9. The van der Waals surface area contributed by atoms with Gasteiger partial charge in [0.1, 0.15) is 0 Å². The number of rotatable bonds is 4. The standard InChI is InChI=1S/C18H18N2O4/c21-18(12-15-8-4-5-9-16(15)20(22)23)19-10-11-24-13-17(19)14-6-2-1-3-7-14/h1-9,17H,10-13H2. The second-order valence-corrected chi connectivity index (χ2v) is 5.65. The van der Waals surface area contributed by atoms with E-state index >= 15 is 0 Å². The van der Waals surface area contributed by atoms with Gasteiger partial charge in [0.15, 0.2) is 0 Å². The lowest BCUT2D eigenvalue weighted by Gasteiger charge is -2.36. The molecule has 1 aliphatic heterocycles. The van der Waals surface area contributed by atoms with Crippen molar-refractivity contribution in [1.82, 2.24) is 4.90 Å². The predicted molar refractivity (Wildman–Crippen MR) is 88.5 cm³/mol. The number of ether oxygens (including phenoxy) is 1. The third-order valence-electron chi connectivity index (χ3n) is 4.16. The first-order valence-electron chi connectivity index (χ1n) is 7.81. The summed E-state index contributed by atoms with van der Waals surface area (Å²) < 4.78 is 5.53. The highest BCUT2D eigenvalue weighted by Crippen LogP contribution is 2.26. The van der Waals surface area contributed by atoms with E-state index in [0.29, 0.717) is 25.3 Å². The molecule has 6 nitrogen and oxygen atoms in total. The average molecular weight is 326 g/mol. The van der Waals surface area contributed by atoms with Crippen molar-refractivity contribution in [3.63, 3.8) is 0 Å². The Morgan fingerprint density at radius 3 is 2.62 bits per heavy atom. The van der Waals surface area contributed by atoms with Crippen LogP contribution >= 0.6 is 0 Å². The van der Waals surface area contributed by atoms with E-state index in [0.717, 1.165) is 5.56 Å². The number of hydrogen-bond donors (Lipinski definition) is 0. The van der Waals surface area contributed by atoms with Gasteiger partial charge in [0.05, 0.1) is 30.6 Å². The number of amides is 1. The number of benzene rings is 2. The molecule has 1 atom stereocenters. The average Bonchev–Trinajstić information content (AvgIpc) is 2.62. The minimum absolute atomic E-state index is 0.0144. The van der Waals surface area contributed by atoms with Crippen molar-refractivity contribution in [3.05, 3.63) is 75.8 Å². The van der Waals surface area contributed by atoms with Crippen molar-refractivity contribution in [2.24, 2.45) is 0 Å². The van der Waals surface area contributed by atoms with Crippen LogP contribution in [0.25, 0.3) is 0 Å². The third-order valence-corrected chi connectivity index (χ3v) is 4.16. The smallest absolute Gasteiger partial charge is 0.273 e. The van der Waals surface area contributed by atoms with Gasteiger partial charge in [0, 0.05) is 18.2 Å². The van der Waals surface area contributed by atoms with Crippen molar-refractivity contribution in [2.45, 2.75) is 12.5 Å². The number of hydrogen-bond acceptors (Lipinski definition) is 4. The zero-order valence-electron chi connectivity index (χ0n) is 13.1. The molecule has 0 N–H and O–H groups in total. The Morgan fingerprint density at radius 1 is 1.17 bits per heavy atom. The van der Waals surface area contributed by atoms with E-state index in [1.807, 2.05) is 30.3 Å². The van der Waals surface area contributed by atoms with Gasteiger partial charge in [0.2, 0.25) is 5.91 Å². The number of para-hydroxylation sites is 1.